The molecule has 4 rings (SSSR count). The van der Waals surface area contributed by atoms with E-state index < -0.39 is 0 Å². The molecular formula is C22H22FN5O. The summed E-state index contributed by atoms with van der Waals surface area (Å²) in [7, 11) is 1.59. The predicted molar refractivity (Wildman–Crippen MR) is 111 cm³/mol. The number of nitrogens with two attached hydrogens (primary N) is 1. The Labute approximate surface area is 168 Å². The highest BCUT2D eigenvalue weighted by atomic mass is 19.1. The zero-order chi connectivity index (χ0) is 20.5. The second kappa shape index (κ2) is 7.50. The van der Waals surface area contributed by atoms with Crippen LogP contribution in [0, 0.1) is 11.7 Å². The number of nitrogens with zero attached hydrogens (tertiary/aromatic N) is 4. The highest BCUT2D eigenvalue weighted by Gasteiger charge is 2.25. The Morgan fingerprint density at radius 3 is 2.62 bits per heavy atom. The van der Waals surface area contributed by atoms with Crippen molar-refractivity contribution >= 4 is 16.7 Å². The van der Waals surface area contributed by atoms with E-state index in [-0.39, 0.29) is 17.8 Å². The van der Waals surface area contributed by atoms with Gasteiger partial charge in [-0.05, 0) is 35.6 Å². The predicted octanol–water partition coefficient (Wildman–Crippen LogP) is 4.47. The highest BCUT2D eigenvalue weighted by molar-refractivity contribution is 5.87. The zero-order valence-electron chi connectivity index (χ0n) is 16.5. The van der Waals surface area contributed by atoms with E-state index in [0.29, 0.717) is 22.9 Å². The molecule has 0 aliphatic rings. The normalized spacial score (nSPS) is 12.4. The van der Waals surface area contributed by atoms with Crippen molar-refractivity contribution in [2.45, 2.75) is 19.9 Å². The molecule has 148 valence electrons. The minimum atomic E-state index is -0.254. The molecule has 0 radical (unpaired) electrons. The van der Waals surface area contributed by atoms with Gasteiger partial charge in [0.1, 0.15) is 12.1 Å². The van der Waals surface area contributed by atoms with Gasteiger partial charge in [-0.15, -0.1) is 10.2 Å². The fourth-order valence-electron chi connectivity index (χ4n) is 3.69. The quantitative estimate of drug-likeness (QED) is 0.543. The van der Waals surface area contributed by atoms with Crippen molar-refractivity contribution in [2.75, 3.05) is 12.8 Å². The van der Waals surface area contributed by atoms with Crippen molar-refractivity contribution in [2.24, 2.45) is 5.92 Å². The van der Waals surface area contributed by atoms with Crippen molar-refractivity contribution in [1.29, 1.82) is 0 Å². The van der Waals surface area contributed by atoms with Gasteiger partial charge in [0.05, 0.1) is 18.8 Å². The lowest BCUT2D eigenvalue weighted by Crippen LogP contribution is -2.19. The molecule has 0 spiro atoms. The van der Waals surface area contributed by atoms with E-state index in [1.807, 2.05) is 41.0 Å². The van der Waals surface area contributed by atoms with Crippen LogP contribution in [-0.2, 0) is 0 Å². The van der Waals surface area contributed by atoms with Gasteiger partial charge < -0.3 is 10.5 Å². The molecule has 0 aliphatic heterocycles. The number of fused-ring (bicyclic) bond motifs is 1. The molecule has 2 aromatic heterocycles. The molecule has 0 aliphatic carbocycles. The lowest BCUT2D eigenvalue weighted by Gasteiger charge is -2.24. The van der Waals surface area contributed by atoms with Gasteiger partial charge in [-0.25, -0.2) is 9.37 Å². The third kappa shape index (κ3) is 3.40. The van der Waals surface area contributed by atoms with E-state index in [2.05, 4.69) is 24.0 Å². The molecule has 0 saturated carbocycles. The molecule has 0 bridgehead atoms. The second-order valence-corrected chi connectivity index (χ2v) is 7.26. The summed E-state index contributed by atoms with van der Waals surface area (Å²) in [5.41, 5.74) is 8.39. The number of aromatic nitrogens is 4. The molecular weight excluding hydrogens is 369 g/mol. The molecule has 6 nitrogen and oxygen atoms in total. The molecule has 2 aromatic carbocycles. The summed E-state index contributed by atoms with van der Waals surface area (Å²) < 4.78 is 21.6. The summed E-state index contributed by atoms with van der Waals surface area (Å²) in [5, 5.41) is 9.21. The number of ether oxygens (including phenoxy) is 1. The first-order valence-corrected chi connectivity index (χ1v) is 9.38. The largest absolute Gasteiger partial charge is 0.481 e. The van der Waals surface area contributed by atoms with Crippen LogP contribution in [0.3, 0.4) is 0 Å². The Balaban J connectivity index is 1.81. The number of hydrogen-bond acceptors (Lipinski definition) is 5. The van der Waals surface area contributed by atoms with Crippen molar-refractivity contribution in [1.82, 2.24) is 19.7 Å². The Kier molecular flexibility index (Phi) is 4.88. The number of nitrogen functional groups attached to an aromatic ring is 1. The van der Waals surface area contributed by atoms with E-state index in [9.17, 15) is 4.39 Å². The van der Waals surface area contributed by atoms with E-state index in [1.54, 1.807) is 19.5 Å². The molecule has 29 heavy (non-hydrogen) atoms. The maximum absolute atomic E-state index is 14.2. The van der Waals surface area contributed by atoms with E-state index in [0.717, 1.165) is 16.5 Å². The summed E-state index contributed by atoms with van der Waals surface area (Å²) in [5.74, 6) is 0.767. The molecule has 1 atom stereocenters. The van der Waals surface area contributed by atoms with Crippen molar-refractivity contribution in [3.05, 3.63) is 66.2 Å². The van der Waals surface area contributed by atoms with Crippen molar-refractivity contribution < 1.29 is 9.13 Å². The number of rotatable bonds is 5. The Morgan fingerprint density at radius 1 is 1.10 bits per heavy atom. The van der Waals surface area contributed by atoms with Gasteiger partial charge in [-0.3, -0.25) is 4.57 Å². The monoisotopic (exact) mass is 391 g/mol. The fraction of sp³-hybridized carbons (Fsp3) is 0.227. The number of anilines is 1. The van der Waals surface area contributed by atoms with Crippen molar-refractivity contribution in [3.8, 4) is 17.1 Å². The average Bonchev–Trinajstić information content (AvgIpc) is 3.13. The van der Waals surface area contributed by atoms with Crippen LogP contribution in [0.5, 0.6) is 5.88 Å². The topological polar surface area (TPSA) is 78.8 Å². The van der Waals surface area contributed by atoms with Crippen molar-refractivity contribution in [3.63, 3.8) is 0 Å². The number of hydrogen-bond donors (Lipinski definition) is 1. The third-order valence-electron chi connectivity index (χ3n) is 5.06. The number of benzene rings is 2. The maximum Gasteiger partial charge on any atom is 0.222 e. The van der Waals surface area contributed by atoms with Crippen LogP contribution in [0.1, 0.15) is 25.5 Å². The van der Waals surface area contributed by atoms with E-state index >= 15 is 0 Å². The maximum atomic E-state index is 14.2. The summed E-state index contributed by atoms with van der Waals surface area (Å²) in [6, 6.07) is 14.4. The van der Waals surface area contributed by atoms with Crippen LogP contribution >= 0.6 is 0 Å². The van der Waals surface area contributed by atoms with E-state index in [4.69, 9.17) is 15.5 Å². The van der Waals surface area contributed by atoms with Crippen LogP contribution in [-0.4, -0.2) is 26.9 Å². The Bertz CT molecular complexity index is 1170. The first kappa shape index (κ1) is 18.9. The molecule has 7 heteroatoms. The van der Waals surface area contributed by atoms with Crippen LogP contribution in [0.4, 0.5) is 10.3 Å². The average molecular weight is 391 g/mol. The standard InChI is InChI=1S/C22H22FN5O/c1-13(2)20(28-12-25-27-22(28)24)16-9-10-19(26-21(16)29-3)15-8-7-14-5-4-6-18(23)17(14)11-15/h4-13,20H,1-3H3,(H2,24,27). The number of halogens is 1. The molecule has 4 aromatic rings. The molecule has 0 amide bonds. The molecule has 0 fully saturated rings. The lowest BCUT2D eigenvalue weighted by atomic mass is 9.95. The Hall–Kier alpha value is -3.48. The SMILES string of the molecule is COc1nc(-c2ccc3cccc(F)c3c2)ccc1C(C(C)C)n1cnnc1N. The molecule has 2 N–H and O–H groups in total. The van der Waals surface area contributed by atoms with Crippen LogP contribution in [0.15, 0.2) is 54.9 Å². The molecule has 1 unspecified atom stereocenters. The lowest BCUT2D eigenvalue weighted by molar-refractivity contribution is 0.367. The van der Waals surface area contributed by atoms with Crippen LogP contribution in [0.25, 0.3) is 22.0 Å². The zero-order valence-corrected chi connectivity index (χ0v) is 16.5. The second-order valence-electron chi connectivity index (χ2n) is 7.26. The fourth-order valence-corrected chi connectivity index (χ4v) is 3.69. The summed E-state index contributed by atoms with van der Waals surface area (Å²) in [6.07, 6.45) is 1.61. The van der Waals surface area contributed by atoms with Gasteiger partial charge in [-0.2, -0.15) is 0 Å². The minimum absolute atomic E-state index is 0.129. The third-order valence-corrected chi connectivity index (χ3v) is 5.06. The van der Waals surface area contributed by atoms with E-state index in [1.165, 1.54) is 6.07 Å². The summed E-state index contributed by atoms with van der Waals surface area (Å²) >= 11 is 0. The van der Waals surface area contributed by atoms with Crippen LogP contribution < -0.4 is 10.5 Å². The van der Waals surface area contributed by atoms with Crippen LogP contribution in [0.2, 0.25) is 0 Å². The number of pyridine rings is 1. The van der Waals surface area contributed by atoms with Gasteiger partial charge in [0.2, 0.25) is 11.8 Å². The van der Waals surface area contributed by atoms with Gasteiger partial charge in [-0.1, -0.05) is 38.1 Å². The summed E-state index contributed by atoms with van der Waals surface area (Å²) in [6.45, 7) is 4.17. The number of methoxy groups -OCH3 is 1. The van der Waals surface area contributed by atoms with Gasteiger partial charge in [0, 0.05) is 16.5 Å². The minimum Gasteiger partial charge on any atom is -0.481 e. The smallest absolute Gasteiger partial charge is 0.222 e. The Morgan fingerprint density at radius 2 is 1.93 bits per heavy atom. The summed E-state index contributed by atoms with van der Waals surface area (Å²) in [4.78, 5) is 4.70. The first-order chi connectivity index (χ1) is 14.0. The first-order valence-electron chi connectivity index (χ1n) is 9.38. The van der Waals surface area contributed by atoms with Gasteiger partial charge >= 0.3 is 0 Å². The molecule has 0 saturated heterocycles. The molecule has 2 heterocycles. The highest BCUT2D eigenvalue weighted by Crippen LogP contribution is 2.35. The van der Waals surface area contributed by atoms with Gasteiger partial charge in [0.15, 0.2) is 0 Å². The van der Waals surface area contributed by atoms with Gasteiger partial charge in [0.25, 0.3) is 0 Å².